The highest BCUT2D eigenvalue weighted by atomic mass is 19.1. The predicted molar refractivity (Wildman–Crippen MR) is 101 cm³/mol. The molecule has 0 spiro atoms. The molecule has 3 aromatic carbocycles. The monoisotopic (exact) mass is 352 g/mol. The SMILES string of the molecule is COc1cccc(CNNc2ccccc2)c1OCc1ccc(F)cc1. The summed E-state index contributed by atoms with van der Waals surface area (Å²) >= 11 is 0. The van der Waals surface area contributed by atoms with Crippen LogP contribution < -0.4 is 20.3 Å². The third-order valence-electron chi connectivity index (χ3n) is 3.86. The molecule has 0 aliphatic heterocycles. The Kier molecular flexibility index (Phi) is 6.06. The van der Waals surface area contributed by atoms with Gasteiger partial charge in [-0.25, -0.2) is 9.82 Å². The summed E-state index contributed by atoms with van der Waals surface area (Å²) in [4.78, 5) is 0. The van der Waals surface area contributed by atoms with E-state index in [1.165, 1.54) is 12.1 Å². The molecule has 3 rings (SSSR count). The fourth-order valence-electron chi connectivity index (χ4n) is 2.52. The number of benzene rings is 3. The molecule has 0 saturated carbocycles. The van der Waals surface area contributed by atoms with Gasteiger partial charge in [0.05, 0.1) is 7.11 Å². The molecule has 0 radical (unpaired) electrons. The third-order valence-corrected chi connectivity index (χ3v) is 3.86. The second-order valence-electron chi connectivity index (χ2n) is 5.71. The summed E-state index contributed by atoms with van der Waals surface area (Å²) in [6.07, 6.45) is 0. The van der Waals surface area contributed by atoms with Crippen LogP contribution in [0.4, 0.5) is 10.1 Å². The van der Waals surface area contributed by atoms with Gasteiger partial charge in [0.1, 0.15) is 12.4 Å². The smallest absolute Gasteiger partial charge is 0.166 e. The van der Waals surface area contributed by atoms with Gasteiger partial charge in [0.25, 0.3) is 0 Å². The third kappa shape index (κ3) is 4.74. The summed E-state index contributed by atoms with van der Waals surface area (Å²) in [5.41, 5.74) is 9.15. The van der Waals surface area contributed by atoms with Crippen molar-refractivity contribution >= 4 is 5.69 Å². The minimum atomic E-state index is -0.261. The van der Waals surface area contributed by atoms with Crippen LogP contribution in [0.5, 0.6) is 11.5 Å². The summed E-state index contributed by atoms with van der Waals surface area (Å²) in [5, 5.41) is 0. The van der Waals surface area contributed by atoms with Gasteiger partial charge in [-0.1, -0.05) is 42.5 Å². The zero-order chi connectivity index (χ0) is 18.2. The predicted octanol–water partition coefficient (Wildman–Crippen LogP) is 4.53. The van der Waals surface area contributed by atoms with Gasteiger partial charge in [-0.2, -0.15) is 0 Å². The minimum absolute atomic E-state index is 0.261. The van der Waals surface area contributed by atoms with Crippen LogP contribution in [0.1, 0.15) is 11.1 Å². The van der Waals surface area contributed by atoms with Gasteiger partial charge in [0.15, 0.2) is 11.5 Å². The number of anilines is 1. The number of halogens is 1. The Morgan fingerprint density at radius 3 is 2.38 bits per heavy atom. The standard InChI is InChI=1S/C21H21FN2O2/c1-25-20-9-5-6-17(14-23-24-19-7-3-2-4-8-19)21(20)26-15-16-10-12-18(22)13-11-16/h2-13,23-24H,14-15H2,1H3. The van der Waals surface area contributed by atoms with Crippen LogP contribution in [0, 0.1) is 5.82 Å². The van der Waals surface area contributed by atoms with Crippen LogP contribution in [0.3, 0.4) is 0 Å². The molecule has 4 nitrogen and oxygen atoms in total. The highest BCUT2D eigenvalue weighted by molar-refractivity contribution is 5.47. The van der Waals surface area contributed by atoms with E-state index in [1.54, 1.807) is 19.2 Å². The van der Waals surface area contributed by atoms with Crippen molar-refractivity contribution in [1.29, 1.82) is 0 Å². The van der Waals surface area contributed by atoms with Crippen LogP contribution >= 0.6 is 0 Å². The fraction of sp³-hybridized carbons (Fsp3) is 0.143. The van der Waals surface area contributed by atoms with E-state index in [9.17, 15) is 4.39 Å². The summed E-state index contributed by atoms with van der Waals surface area (Å²) in [7, 11) is 1.61. The summed E-state index contributed by atoms with van der Waals surface area (Å²) in [6.45, 7) is 0.880. The van der Waals surface area contributed by atoms with Crippen molar-refractivity contribution in [3.63, 3.8) is 0 Å². The molecule has 2 N–H and O–H groups in total. The van der Waals surface area contributed by atoms with E-state index in [4.69, 9.17) is 9.47 Å². The quantitative estimate of drug-likeness (QED) is 0.585. The number of nitrogens with one attached hydrogen (secondary N) is 2. The Hall–Kier alpha value is -3.05. The maximum absolute atomic E-state index is 13.0. The molecule has 0 bridgehead atoms. The Bertz CT molecular complexity index is 823. The van der Waals surface area contributed by atoms with E-state index in [-0.39, 0.29) is 5.82 Å². The Balaban J connectivity index is 1.67. The molecule has 3 aromatic rings. The van der Waals surface area contributed by atoms with Crippen LogP contribution in [0.25, 0.3) is 0 Å². The average molecular weight is 352 g/mol. The average Bonchev–Trinajstić information content (AvgIpc) is 2.69. The van der Waals surface area contributed by atoms with Crippen molar-refractivity contribution in [2.24, 2.45) is 0 Å². The van der Waals surface area contributed by atoms with E-state index in [1.807, 2.05) is 48.5 Å². The molecular formula is C21H21FN2O2. The first-order valence-corrected chi connectivity index (χ1v) is 8.33. The first-order chi connectivity index (χ1) is 12.8. The largest absolute Gasteiger partial charge is 0.493 e. The van der Waals surface area contributed by atoms with Gasteiger partial charge in [0, 0.05) is 17.8 Å². The van der Waals surface area contributed by atoms with Crippen LogP contribution in [0.15, 0.2) is 72.8 Å². The highest BCUT2D eigenvalue weighted by Gasteiger charge is 2.11. The maximum atomic E-state index is 13.0. The van der Waals surface area contributed by atoms with Gasteiger partial charge in [-0.3, -0.25) is 0 Å². The Morgan fingerprint density at radius 2 is 1.65 bits per heavy atom. The van der Waals surface area contributed by atoms with Crippen LogP contribution in [-0.2, 0) is 13.2 Å². The lowest BCUT2D eigenvalue weighted by molar-refractivity contribution is 0.281. The topological polar surface area (TPSA) is 42.5 Å². The Morgan fingerprint density at radius 1 is 0.885 bits per heavy atom. The van der Waals surface area contributed by atoms with Crippen molar-refractivity contribution in [3.8, 4) is 11.5 Å². The Labute approximate surface area is 152 Å². The summed E-state index contributed by atoms with van der Waals surface area (Å²) in [6, 6.07) is 21.9. The second-order valence-corrected chi connectivity index (χ2v) is 5.71. The summed E-state index contributed by atoms with van der Waals surface area (Å²) in [5.74, 6) is 1.07. The second kappa shape index (κ2) is 8.87. The molecule has 134 valence electrons. The number of para-hydroxylation sites is 2. The van der Waals surface area contributed by atoms with E-state index < -0.39 is 0 Å². The van der Waals surface area contributed by atoms with Gasteiger partial charge in [-0.05, 0) is 35.9 Å². The normalized spacial score (nSPS) is 10.4. The molecule has 0 atom stereocenters. The molecular weight excluding hydrogens is 331 g/mol. The van der Waals surface area contributed by atoms with E-state index in [2.05, 4.69) is 10.9 Å². The molecule has 26 heavy (non-hydrogen) atoms. The molecule has 0 aromatic heterocycles. The lowest BCUT2D eigenvalue weighted by Gasteiger charge is -2.16. The molecule has 0 saturated heterocycles. The van der Waals surface area contributed by atoms with Gasteiger partial charge in [-0.15, -0.1) is 0 Å². The number of hydrogen-bond acceptors (Lipinski definition) is 4. The van der Waals surface area contributed by atoms with E-state index >= 15 is 0 Å². The first kappa shape index (κ1) is 17.8. The van der Waals surface area contributed by atoms with Crippen molar-refractivity contribution in [1.82, 2.24) is 5.43 Å². The number of methoxy groups -OCH3 is 1. The van der Waals surface area contributed by atoms with Crippen molar-refractivity contribution in [3.05, 3.63) is 89.7 Å². The lowest BCUT2D eigenvalue weighted by atomic mass is 10.2. The van der Waals surface area contributed by atoms with E-state index in [0.29, 0.717) is 24.7 Å². The molecule has 0 heterocycles. The summed E-state index contributed by atoms with van der Waals surface area (Å²) < 4.78 is 24.4. The molecule has 0 aliphatic carbocycles. The molecule has 5 heteroatoms. The van der Waals surface area contributed by atoms with Gasteiger partial charge < -0.3 is 14.9 Å². The number of ether oxygens (including phenoxy) is 2. The zero-order valence-electron chi connectivity index (χ0n) is 14.5. The lowest BCUT2D eigenvalue weighted by Crippen LogP contribution is -2.21. The molecule has 0 fully saturated rings. The first-order valence-electron chi connectivity index (χ1n) is 8.33. The fourth-order valence-corrected chi connectivity index (χ4v) is 2.52. The van der Waals surface area contributed by atoms with Gasteiger partial charge in [0.2, 0.25) is 0 Å². The molecule has 0 aliphatic rings. The van der Waals surface area contributed by atoms with Crippen LogP contribution in [0.2, 0.25) is 0 Å². The minimum Gasteiger partial charge on any atom is -0.493 e. The zero-order valence-corrected chi connectivity index (χ0v) is 14.5. The van der Waals surface area contributed by atoms with Crippen molar-refractivity contribution in [2.45, 2.75) is 13.2 Å². The number of hydrogen-bond donors (Lipinski definition) is 2. The maximum Gasteiger partial charge on any atom is 0.166 e. The number of hydrazine groups is 1. The van der Waals surface area contributed by atoms with Crippen molar-refractivity contribution < 1.29 is 13.9 Å². The number of rotatable bonds is 8. The van der Waals surface area contributed by atoms with Gasteiger partial charge >= 0.3 is 0 Å². The molecule has 0 unspecified atom stereocenters. The molecule has 0 amide bonds. The van der Waals surface area contributed by atoms with Crippen molar-refractivity contribution in [2.75, 3.05) is 12.5 Å². The van der Waals surface area contributed by atoms with E-state index in [0.717, 1.165) is 16.8 Å². The van der Waals surface area contributed by atoms with Crippen LogP contribution in [-0.4, -0.2) is 7.11 Å². The highest BCUT2D eigenvalue weighted by Crippen LogP contribution is 2.31.